The molecular weight excluding hydrogens is 229 g/mol. The Morgan fingerprint density at radius 2 is 2.22 bits per heavy atom. The Morgan fingerprint density at radius 1 is 1.44 bits per heavy atom. The van der Waals surface area contributed by atoms with Crippen LogP contribution in [-0.2, 0) is 6.42 Å². The second-order valence-electron chi connectivity index (χ2n) is 5.45. The van der Waals surface area contributed by atoms with E-state index in [9.17, 15) is 4.39 Å². The Kier molecular flexibility index (Phi) is 3.91. The first-order valence-electron chi connectivity index (χ1n) is 6.65. The Morgan fingerprint density at radius 3 is 2.78 bits per heavy atom. The van der Waals surface area contributed by atoms with Crippen LogP contribution in [0.15, 0.2) is 18.2 Å². The Bertz CT molecular complexity index is 411. The third-order valence-electron chi connectivity index (χ3n) is 4.15. The standard InChI is InChI=1S/C15H22FNO/c1-11(2)15(8-5-9-17-15)10-12-6-4-7-13(18-3)14(12)16/h4,6-7,11,17H,5,8-10H2,1-3H3. The van der Waals surface area contributed by atoms with Crippen LogP contribution in [0.25, 0.3) is 0 Å². The Balaban J connectivity index is 2.27. The zero-order valence-electron chi connectivity index (χ0n) is 11.4. The number of rotatable bonds is 4. The fourth-order valence-electron chi connectivity index (χ4n) is 2.87. The molecule has 0 radical (unpaired) electrons. The minimum atomic E-state index is -0.214. The Hall–Kier alpha value is -1.09. The van der Waals surface area contributed by atoms with Crippen molar-refractivity contribution >= 4 is 0 Å². The van der Waals surface area contributed by atoms with Gasteiger partial charge in [0.25, 0.3) is 0 Å². The van der Waals surface area contributed by atoms with Crippen molar-refractivity contribution in [1.82, 2.24) is 5.32 Å². The van der Waals surface area contributed by atoms with Crippen LogP contribution in [0.4, 0.5) is 4.39 Å². The molecule has 100 valence electrons. The van der Waals surface area contributed by atoms with Gasteiger partial charge < -0.3 is 10.1 Å². The number of methoxy groups -OCH3 is 1. The summed E-state index contributed by atoms with van der Waals surface area (Å²) in [5, 5.41) is 3.58. The number of hydrogen-bond acceptors (Lipinski definition) is 2. The Labute approximate surface area is 109 Å². The third kappa shape index (κ3) is 2.37. The van der Waals surface area contributed by atoms with Gasteiger partial charge in [0.05, 0.1) is 7.11 Å². The van der Waals surface area contributed by atoms with Gasteiger partial charge in [0.1, 0.15) is 0 Å². The third-order valence-corrected chi connectivity index (χ3v) is 4.15. The van der Waals surface area contributed by atoms with E-state index in [0.29, 0.717) is 11.7 Å². The second-order valence-corrected chi connectivity index (χ2v) is 5.45. The van der Waals surface area contributed by atoms with Gasteiger partial charge >= 0.3 is 0 Å². The molecule has 0 aliphatic carbocycles. The summed E-state index contributed by atoms with van der Waals surface area (Å²) in [6.07, 6.45) is 3.01. The summed E-state index contributed by atoms with van der Waals surface area (Å²) in [4.78, 5) is 0. The number of halogens is 1. The quantitative estimate of drug-likeness (QED) is 0.887. The zero-order valence-corrected chi connectivity index (χ0v) is 11.4. The summed E-state index contributed by atoms with van der Waals surface area (Å²) >= 11 is 0. The summed E-state index contributed by atoms with van der Waals surface area (Å²) in [6, 6.07) is 5.39. The van der Waals surface area contributed by atoms with Gasteiger partial charge in [-0.3, -0.25) is 0 Å². The minimum absolute atomic E-state index is 0.0349. The lowest BCUT2D eigenvalue weighted by Crippen LogP contribution is -2.46. The van der Waals surface area contributed by atoms with Crippen molar-refractivity contribution in [1.29, 1.82) is 0 Å². The lowest BCUT2D eigenvalue weighted by Gasteiger charge is -2.34. The average Bonchev–Trinajstić information content (AvgIpc) is 2.82. The molecule has 0 saturated carbocycles. The normalized spacial score (nSPS) is 23.6. The molecule has 18 heavy (non-hydrogen) atoms. The molecule has 0 bridgehead atoms. The van der Waals surface area contributed by atoms with Gasteiger partial charge in [-0.05, 0) is 43.4 Å². The van der Waals surface area contributed by atoms with Gasteiger partial charge in [0.2, 0.25) is 0 Å². The molecule has 1 fully saturated rings. The molecule has 1 saturated heterocycles. The number of benzene rings is 1. The highest BCUT2D eigenvalue weighted by molar-refractivity contribution is 5.32. The van der Waals surface area contributed by atoms with Crippen LogP contribution < -0.4 is 10.1 Å². The molecule has 3 heteroatoms. The average molecular weight is 251 g/mol. The number of ether oxygens (including phenoxy) is 1. The van der Waals surface area contributed by atoms with E-state index >= 15 is 0 Å². The van der Waals surface area contributed by atoms with E-state index < -0.39 is 0 Å². The lowest BCUT2D eigenvalue weighted by atomic mass is 9.79. The molecule has 0 spiro atoms. The smallest absolute Gasteiger partial charge is 0.168 e. The highest BCUT2D eigenvalue weighted by atomic mass is 19.1. The highest BCUT2D eigenvalue weighted by Gasteiger charge is 2.37. The molecule has 1 heterocycles. The molecular formula is C15H22FNO. The van der Waals surface area contributed by atoms with Gasteiger partial charge in [0.15, 0.2) is 11.6 Å². The number of nitrogens with one attached hydrogen (secondary N) is 1. The topological polar surface area (TPSA) is 21.3 Å². The summed E-state index contributed by atoms with van der Waals surface area (Å²) in [6.45, 7) is 5.44. The van der Waals surface area contributed by atoms with Crippen LogP contribution in [-0.4, -0.2) is 19.2 Å². The molecule has 2 rings (SSSR count). The van der Waals surface area contributed by atoms with Crippen LogP contribution >= 0.6 is 0 Å². The molecule has 1 aromatic carbocycles. The predicted octanol–water partition coefficient (Wildman–Crippen LogP) is 3.16. The monoisotopic (exact) mass is 251 g/mol. The van der Waals surface area contributed by atoms with E-state index in [0.717, 1.165) is 24.9 Å². The summed E-state index contributed by atoms with van der Waals surface area (Å²) in [5.41, 5.74) is 0.783. The molecule has 1 aliphatic rings. The summed E-state index contributed by atoms with van der Waals surface area (Å²) in [7, 11) is 1.51. The first-order chi connectivity index (χ1) is 8.59. The maximum Gasteiger partial charge on any atom is 0.168 e. The second kappa shape index (κ2) is 5.27. The van der Waals surface area contributed by atoms with Crippen molar-refractivity contribution in [2.45, 2.75) is 38.6 Å². The van der Waals surface area contributed by atoms with Crippen LogP contribution in [0.1, 0.15) is 32.3 Å². The van der Waals surface area contributed by atoms with E-state index in [1.165, 1.54) is 13.5 Å². The summed E-state index contributed by atoms with van der Waals surface area (Å²) in [5.74, 6) is 0.615. The van der Waals surface area contributed by atoms with Crippen LogP contribution in [0.3, 0.4) is 0 Å². The van der Waals surface area contributed by atoms with E-state index in [1.54, 1.807) is 6.07 Å². The molecule has 2 nitrogen and oxygen atoms in total. The van der Waals surface area contributed by atoms with Gasteiger partial charge in [-0.15, -0.1) is 0 Å². The maximum atomic E-state index is 14.2. The zero-order chi connectivity index (χ0) is 13.2. The molecule has 1 aliphatic heterocycles. The molecule has 1 aromatic rings. The van der Waals surface area contributed by atoms with E-state index in [-0.39, 0.29) is 11.4 Å². The van der Waals surface area contributed by atoms with Crippen molar-refractivity contribution in [3.05, 3.63) is 29.6 Å². The van der Waals surface area contributed by atoms with Crippen molar-refractivity contribution in [3.63, 3.8) is 0 Å². The minimum Gasteiger partial charge on any atom is -0.494 e. The lowest BCUT2D eigenvalue weighted by molar-refractivity contribution is 0.265. The van der Waals surface area contributed by atoms with Gasteiger partial charge in [0, 0.05) is 5.54 Å². The van der Waals surface area contributed by atoms with Crippen LogP contribution in [0.5, 0.6) is 5.75 Å². The van der Waals surface area contributed by atoms with Crippen molar-refractivity contribution in [2.75, 3.05) is 13.7 Å². The summed E-state index contributed by atoms with van der Waals surface area (Å²) < 4.78 is 19.3. The first-order valence-corrected chi connectivity index (χ1v) is 6.65. The first kappa shape index (κ1) is 13.3. The van der Waals surface area contributed by atoms with E-state index in [4.69, 9.17) is 4.74 Å². The van der Waals surface area contributed by atoms with Crippen molar-refractivity contribution in [2.24, 2.45) is 5.92 Å². The molecule has 0 aromatic heterocycles. The molecule has 1 N–H and O–H groups in total. The molecule has 0 amide bonds. The molecule has 1 atom stereocenters. The van der Waals surface area contributed by atoms with Gasteiger partial charge in [-0.1, -0.05) is 26.0 Å². The maximum absolute atomic E-state index is 14.2. The van der Waals surface area contributed by atoms with Crippen molar-refractivity contribution in [3.8, 4) is 5.75 Å². The van der Waals surface area contributed by atoms with E-state index in [2.05, 4.69) is 19.2 Å². The SMILES string of the molecule is COc1cccc(CC2(C(C)C)CCCN2)c1F. The largest absolute Gasteiger partial charge is 0.494 e. The number of hydrogen-bond donors (Lipinski definition) is 1. The fraction of sp³-hybridized carbons (Fsp3) is 0.600. The van der Waals surface area contributed by atoms with Gasteiger partial charge in [-0.2, -0.15) is 0 Å². The highest BCUT2D eigenvalue weighted by Crippen LogP contribution is 2.33. The predicted molar refractivity (Wildman–Crippen MR) is 71.5 cm³/mol. The van der Waals surface area contributed by atoms with Crippen molar-refractivity contribution < 1.29 is 9.13 Å². The van der Waals surface area contributed by atoms with Gasteiger partial charge in [-0.25, -0.2) is 4.39 Å². The molecule has 1 unspecified atom stereocenters. The van der Waals surface area contributed by atoms with Crippen LogP contribution in [0, 0.1) is 11.7 Å². The van der Waals surface area contributed by atoms with E-state index in [1.807, 2.05) is 12.1 Å². The van der Waals surface area contributed by atoms with Crippen LogP contribution in [0.2, 0.25) is 0 Å². The fourth-order valence-corrected chi connectivity index (χ4v) is 2.87.